The van der Waals surface area contributed by atoms with Crippen molar-refractivity contribution in [2.45, 2.75) is 26.4 Å². The quantitative estimate of drug-likeness (QED) is 0.571. The summed E-state index contributed by atoms with van der Waals surface area (Å²) in [4.78, 5) is 6.80. The number of ether oxygens (including phenoxy) is 1. The molecule has 5 nitrogen and oxygen atoms in total. The Balaban J connectivity index is 1.39. The van der Waals surface area contributed by atoms with Gasteiger partial charge in [-0.15, -0.1) is 0 Å². The summed E-state index contributed by atoms with van der Waals surface area (Å²) in [5, 5.41) is 6.84. The molecule has 2 unspecified atom stereocenters. The SMILES string of the molecule is CN=C(NCC1CCN(c2ccccc2)C1)NCC(C)Oc1cccc(C)c1. The molecule has 2 aromatic rings. The van der Waals surface area contributed by atoms with E-state index in [-0.39, 0.29) is 6.10 Å². The van der Waals surface area contributed by atoms with E-state index in [0.29, 0.717) is 12.5 Å². The molecule has 2 aromatic carbocycles. The Bertz CT molecular complexity index is 762. The fourth-order valence-corrected chi connectivity index (χ4v) is 3.54. The molecule has 1 aliphatic rings. The number of benzene rings is 2. The summed E-state index contributed by atoms with van der Waals surface area (Å²) in [5.74, 6) is 2.36. The molecule has 0 bridgehead atoms. The number of aryl methyl sites for hydroxylation is 1. The maximum absolute atomic E-state index is 5.98. The number of nitrogens with one attached hydrogen (secondary N) is 2. The number of guanidine groups is 1. The number of anilines is 1. The number of nitrogens with zero attached hydrogens (tertiary/aromatic N) is 2. The van der Waals surface area contributed by atoms with Crippen LogP contribution in [0.5, 0.6) is 5.75 Å². The summed E-state index contributed by atoms with van der Waals surface area (Å²) >= 11 is 0. The van der Waals surface area contributed by atoms with Crippen LogP contribution in [0.2, 0.25) is 0 Å². The second kappa shape index (κ2) is 10.0. The van der Waals surface area contributed by atoms with Crippen molar-refractivity contribution in [3.8, 4) is 5.75 Å². The van der Waals surface area contributed by atoms with Gasteiger partial charge in [-0.2, -0.15) is 0 Å². The predicted octanol–water partition coefficient (Wildman–Crippen LogP) is 3.45. The Hall–Kier alpha value is -2.69. The van der Waals surface area contributed by atoms with E-state index in [1.165, 1.54) is 17.7 Å². The maximum atomic E-state index is 5.98. The summed E-state index contributed by atoms with van der Waals surface area (Å²) in [7, 11) is 1.81. The smallest absolute Gasteiger partial charge is 0.191 e. The van der Waals surface area contributed by atoms with E-state index in [1.54, 1.807) is 0 Å². The average molecular weight is 381 g/mol. The van der Waals surface area contributed by atoms with Gasteiger partial charge in [-0.1, -0.05) is 30.3 Å². The third-order valence-corrected chi connectivity index (χ3v) is 5.07. The van der Waals surface area contributed by atoms with E-state index in [2.05, 4.69) is 76.8 Å². The third kappa shape index (κ3) is 5.91. The first-order valence-electron chi connectivity index (χ1n) is 10.1. The van der Waals surface area contributed by atoms with Crippen molar-refractivity contribution in [1.29, 1.82) is 0 Å². The largest absolute Gasteiger partial charge is 0.489 e. The number of aliphatic imine (C=N–C) groups is 1. The molecule has 5 heteroatoms. The molecule has 0 spiro atoms. The minimum absolute atomic E-state index is 0.0559. The van der Waals surface area contributed by atoms with Crippen LogP contribution < -0.4 is 20.3 Å². The first-order chi connectivity index (χ1) is 13.6. The van der Waals surface area contributed by atoms with Crippen molar-refractivity contribution in [2.75, 3.05) is 38.1 Å². The van der Waals surface area contributed by atoms with Gasteiger partial charge < -0.3 is 20.3 Å². The molecule has 0 saturated carbocycles. The topological polar surface area (TPSA) is 48.9 Å². The lowest BCUT2D eigenvalue weighted by atomic mass is 10.1. The van der Waals surface area contributed by atoms with Crippen LogP contribution in [0, 0.1) is 12.8 Å². The Morgan fingerprint density at radius 1 is 1.18 bits per heavy atom. The van der Waals surface area contributed by atoms with Gasteiger partial charge in [-0.3, -0.25) is 4.99 Å². The van der Waals surface area contributed by atoms with E-state index >= 15 is 0 Å². The van der Waals surface area contributed by atoms with Crippen molar-refractivity contribution in [3.63, 3.8) is 0 Å². The summed E-state index contributed by atoms with van der Waals surface area (Å²) < 4.78 is 5.98. The fourth-order valence-electron chi connectivity index (χ4n) is 3.54. The molecule has 0 radical (unpaired) electrons. The molecule has 150 valence electrons. The first-order valence-corrected chi connectivity index (χ1v) is 10.1. The zero-order valence-electron chi connectivity index (χ0n) is 17.2. The molecule has 1 saturated heterocycles. The molecule has 2 N–H and O–H groups in total. The van der Waals surface area contributed by atoms with E-state index in [9.17, 15) is 0 Å². The standard InChI is InChI=1S/C23H32N4O/c1-18-8-7-11-22(14-18)28-19(2)15-25-23(24-3)26-16-20-12-13-27(17-20)21-9-5-4-6-10-21/h4-11,14,19-20H,12-13,15-17H2,1-3H3,(H2,24,25,26). The van der Waals surface area contributed by atoms with Gasteiger partial charge >= 0.3 is 0 Å². The van der Waals surface area contributed by atoms with E-state index in [4.69, 9.17) is 4.74 Å². The van der Waals surface area contributed by atoms with Crippen molar-refractivity contribution in [2.24, 2.45) is 10.9 Å². The highest BCUT2D eigenvalue weighted by Crippen LogP contribution is 2.22. The summed E-state index contributed by atoms with van der Waals surface area (Å²) in [6.45, 7) is 7.97. The Morgan fingerprint density at radius 3 is 2.75 bits per heavy atom. The highest BCUT2D eigenvalue weighted by atomic mass is 16.5. The summed E-state index contributed by atoms with van der Waals surface area (Å²) in [6.07, 6.45) is 1.26. The van der Waals surface area contributed by atoms with Crippen LogP contribution >= 0.6 is 0 Å². The molecule has 1 fully saturated rings. The van der Waals surface area contributed by atoms with Crippen LogP contribution in [0.15, 0.2) is 59.6 Å². The van der Waals surface area contributed by atoms with Gasteiger partial charge in [0.05, 0.1) is 6.54 Å². The Labute approximate surface area is 168 Å². The second-order valence-corrected chi connectivity index (χ2v) is 7.52. The molecule has 28 heavy (non-hydrogen) atoms. The molecule has 0 aliphatic carbocycles. The van der Waals surface area contributed by atoms with Crippen LogP contribution in [-0.4, -0.2) is 45.3 Å². The van der Waals surface area contributed by atoms with E-state index in [0.717, 1.165) is 31.3 Å². The van der Waals surface area contributed by atoms with Crippen LogP contribution in [-0.2, 0) is 0 Å². The van der Waals surface area contributed by atoms with E-state index in [1.807, 2.05) is 19.2 Å². The molecule has 1 aliphatic heterocycles. The van der Waals surface area contributed by atoms with Crippen LogP contribution in [0.1, 0.15) is 18.9 Å². The number of para-hydroxylation sites is 1. The number of rotatable bonds is 7. The lowest BCUT2D eigenvalue weighted by Gasteiger charge is -2.20. The predicted molar refractivity (Wildman–Crippen MR) is 117 cm³/mol. The van der Waals surface area contributed by atoms with Gasteiger partial charge in [0.15, 0.2) is 5.96 Å². The monoisotopic (exact) mass is 380 g/mol. The molecule has 0 amide bonds. The van der Waals surface area contributed by atoms with Gasteiger partial charge in [-0.25, -0.2) is 0 Å². The van der Waals surface area contributed by atoms with Crippen molar-refractivity contribution in [1.82, 2.24) is 10.6 Å². The average Bonchev–Trinajstić information content (AvgIpc) is 3.18. The molecular weight excluding hydrogens is 348 g/mol. The van der Waals surface area contributed by atoms with Crippen LogP contribution in [0.25, 0.3) is 0 Å². The van der Waals surface area contributed by atoms with Crippen LogP contribution in [0.3, 0.4) is 0 Å². The normalized spacial score (nSPS) is 18.0. The van der Waals surface area contributed by atoms with E-state index < -0.39 is 0 Å². The van der Waals surface area contributed by atoms with Crippen molar-refractivity contribution >= 4 is 11.6 Å². The molecule has 0 aromatic heterocycles. The van der Waals surface area contributed by atoms with Gasteiger partial charge in [0.25, 0.3) is 0 Å². The minimum Gasteiger partial charge on any atom is -0.489 e. The van der Waals surface area contributed by atoms with Gasteiger partial charge in [0, 0.05) is 32.4 Å². The fraction of sp³-hybridized carbons (Fsp3) is 0.435. The Kier molecular flexibility index (Phi) is 7.18. The molecule has 3 rings (SSSR count). The summed E-state index contributed by atoms with van der Waals surface area (Å²) in [5.41, 5.74) is 2.52. The first kappa shape index (κ1) is 20.1. The molecule has 2 atom stereocenters. The minimum atomic E-state index is 0.0559. The number of hydrogen-bond donors (Lipinski definition) is 2. The maximum Gasteiger partial charge on any atom is 0.191 e. The Morgan fingerprint density at radius 2 is 2.00 bits per heavy atom. The zero-order chi connectivity index (χ0) is 19.8. The molecular formula is C23H32N4O. The van der Waals surface area contributed by atoms with Crippen molar-refractivity contribution < 1.29 is 4.74 Å². The summed E-state index contributed by atoms with van der Waals surface area (Å²) in [6, 6.07) is 18.8. The van der Waals surface area contributed by atoms with Gasteiger partial charge in [0.2, 0.25) is 0 Å². The second-order valence-electron chi connectivity index (χ2n) is 7.52. The van der Waals surface area contributed by atoms with Crippen molar-refractivity contribution in [3.05, 3.63) is 60.2 Å². The highest BCUT2D eigenvalue weighted by Gasteiger charge is 2.22. The molecule has 1 heterocycles. The lowest BCUT2D eigenvalue weighted by molar-refractivity contribution is 0.223. The van der Waals surface area contributed by atoms with Gasteiger partial charge in [-0.05, 0) is 56.0 Å². The highest BCUT2D eigenvalue weighted by molar-refractivity contribution is 5.79. The number of hydrogen-bond acceptors (Lipinski definition) is 3. The zero-order valence-corrected chi connectivity index (χ0v) is 17.2. The lowest BCUT2D eigenvalue weighted by Crippen LogP contribution is -2.43. The van der Waals surface area contributed by atoms with Gasteiger partial charge in [0.1, 0.15) is 11.9 Å². The third-order valence-electron chi connectivity index (χ3n) is 5.07. The van der Waals surface area contributed by atoms with Crippen LogP contribution in [0.4, 0.5) is 5.69 Å².